The first-order valence-electron chi connectivity index (χ1n) is 5.18. The van der Waals surface area contributed by atoms with Gasteiger partial charge < -0.3 is 0 Å². The van der Waals surface area contributed by atoms with Crippen LogP contribution in [0.15, 0.2) is 0 Å². The molecule has 2 saturated carbocycles. The van der Waals surface area contributed by atoms with Gasteiger partial charge in [-0.1, -0.05) is 20.8 Å². The third-order valence-corrected chi connectivity index (χ3v) is 4.26. The van der Waals surface area contributed by atoms with Gasteiger partial charge in [-0.25, -0.2) is 0 Å². The molecule has 0 amide bonds. The first-order chi connectivity index (χ1) is 5.18. The Labute approximate surface area is 70.4 Å². The van der Waals surface area contributed by atoms with Crippen molar-refractivity contribution in [1.82, 2.24) is 0 Å². The van der Waals surface area contributed by atoms with Crippen molar-refractivity contribution in [3.63, 3.8) is 0 Å². The SMILES string of the molecule is CC1CC(C)C2CC1CC2C. The van der Waals surface area contributed by atoms with Crippen molar-refractivity contribution in [3.8, 4) is 0 Å². The zero-order valence-electron chi connectivity index (χ0n) is 8.01. The molecule has 5 atom stereocenters. The van der Waals surface area contributed by atoms with Crippen LogP contribution in [0.25, 0.3) is 0 Å². The van der Waals surface area contributed by atoms with Gasteiger partial charge >= 0.3 is 0 Å². The average molecular weight is 152 g/mol. The van der Waals surface area contributed by atoms with Crippen LogP contribution in [0.5, 0.6) is 0 Å². The van der Waals surface area contributed by atoms with Crippen LogP contribution in [0.2, 0.25) is 0 Å². The van der Waals surface area contributed by atoms with Crippen LogP contribution in [0.4, 0.5) is 0 Å². The van der Waals surface area contributed by atoms with Crippen molar-refractivity contribution in [2.24, 2.45) is 29.6 Å². The van der Waals surface area contributed by atoms with Crippen molar-refractivity contribution in [1.29, 1.82) is 0 Å². The quantitative estimate of drug-likeness (QED) is 0.499. The Morgan fingerprint density at radius 2 is 1.36 bits per heavy atom. The van der Waals surface area contributed by atoms with Crippen LogP contribution in [-0.2, 0) is 0 Å². The van der Waals surface area contributed by atoms with Crippen molar-refractivity contribution < 1.29 is 0 Å². The second kappa shape index (κ2) is 2.50. The molecular formula is C11H20. The summed E-state index contributed by atoms with van der Waals surface area (Å²) in [5, 5.41) is 0. The highest BCUT2D eigenvalue weighted by molar-refractivity contribution is 4.91. The van der Waals surface area contributed by atoms with Crippen LogP contribution in [0.3, 0.4) is 0 Å². The monoisotopic (exact) mass is 152 g/mol. The molecule has 0 heteroatoms. The summed E-state index contributed by atoms with van der Waals surface area (Å²) in [6.45, 7) is 7.37. The normalized spacial score (nSPS) is 56.5. The van der Waals surface area contributed by atoms with E-state index < -0.39 is 0 Å². The van der Waals surface area contributed by atoms with Gasteiger partial charge in [0.25, 0.3) is 0 Å². The molecule has 0 radical (unpaired) electrons. The molecule has 0 aromatic rings. The largest absolute Gasteiger partial charge is 0.0622 e. The van der Waals surface area contributed by atoms with Crippen LogP contribution >= 0.6 is 0 Å². The molecule has 2 bridgehead atoms. The first-order valence-corrected chi connectivity index (χ1v) is 5.18. The lowest BCUT2D eigenvalue weighted by atomic mass is 9.74. The van der Waals surface area contributed by atoms with Crippen LogP contribution in [-0.4, -0.2) is 0 Å². The maximum Gasteiger partial charge on any atom is -0.0360 e. The molecule has 0 nitrogen and oxygen atoms in total. The standard InChI is InChI=1S/C11H20/c1-7-4-8(2)11-6-10(7)5-9(11)3/h7-11H,4-6H2,1-3H3. The van der Waals surface area contributed by atoms with Crippen LogP contribution in [0.1, 0.15) is 40.0 Å². The molecule has 64 valence electrons. The Balaban J connectivity index is 2.13. The molecule has 5 unspecified atom stereocenters. The summed E-state index contributed by atoms with van der Waals surface area (Å²) in [5.74, 6) is 5.23. The molecule has 2 rings (SSSR count). The molecule has 2 aliphatic carbocycles. The van der Waals surface area contributed by atoms with Gasteiger partial charge in [-0.3, -0.25) is 0 Å². The van der Waals surface area contributed by atoms with E-state index in [1.807, 2.05) is 0 Å². The molecule has 0 aromatic heterocycles. The Kier molecular flexibility index (Phi) is 1.74. The maximum atomic E-state index is 2.46. The highest BCUT2D eigenvalue weighted by Gasteiger charge is 2.41. The predicted octanol–water partition coefficient (Wildman–Crippen LogP) is 3.32. The van der Waals surface area contributed by atoms with E-state index in [4.69, 9.17) is 0 Å². The van der Waals surface area contributed by atoms with Gasteiger partial charge in [-0.05, 0) is 48.9 Å². The summed E-state index contributed by atoms with van der Waals surface area (Å²) in [5.41, 5.74) is 0. The molecule has 0 aromatic carbocycles. The van der Waals surface area contributed by atoms with Crippen LogP contribution < -0.4 is 0 Å². The number of hydrogen-bond acceptors (Lipinski definition) is 0. The smallest absolute Gasteiger partial charge is 0.0360 e. The molecule has 0 saturated heterocycles. The average Bonchev–Trinajstić information content (AvgIpc) is 2.26. The summed E-state index contributed by atoms with van der Waals surface area (Å²) in [6, 6.07) is 0. The summed E-state index contributed by atoms with van der Waals surface area (Å²) in [6.07, 6.45) is 4.57. The zero-order chi connectivity index (χ0) is 8.01. The summed E-state index contributed by atoms with van der Waals surface area (Å²) in [4.78, 5) is 0. The number of fused-ring (bicyclic) bond motifs is 2. The summed E-state index contributed by atoms with van der Waals surface area (Å²) in [7, 11) is 0. The van der Waals surface area contributed by atoms with Crippen molar-refractivity contribution >= 4 is 0 Å². The van der Waals surface area contributed by atoms with Gasteiger partial charge in [0.2, 0.25) is 0 Å². The van der Waals surface area contributed by atoms with Crippen molar-refractivity contribution in [2.45, 2.75) is 40.0 Å². The molecule has 0 spiro atoms. The van der Waals surface area contributed by atoms with Gasteiger partial charge in [0.15, 0.2) is 0 Å². The van der Waals surface area contributed by atoms with E-state index in [0.717, 1.165) is 29.6 Å². The fraction of sp³-hybridized carbons (Fsp3) is 1.00. The third-order valence-electron chi connectivity index (χ3n) is 4.26. The lowest BCUT2D eigenvalue weighted by Gasteiger charge is -2.31. The minimum absolute atomic E-state index is 1.01. The number of rotatable bonds is 0. The van der Waals surface area contributed by atoms with E-state index in [9.17, 15) is 0 Å². The minimum atomic E-state index is 1.01. The van der Waals surface area contributed by atoms with Gasteiger partial charge in [0.05, 0.1) is 0 Å². The van der Waals surface area contributed by atoms with E-state index in [-0.39, 0.29) is 0 Å². The van der Waals surface area contributed by atoms with Gasteiger partial charge in [-0.15, -0.1) is 0 Å². The van der Waals surface area contributed by atoms with E-state index in [1.54, 1.807) is 6.42 Å². The van der Waals surface area contributed by atoms with Gasteiger partial charge in [0, 0.05) is 0 Å². The van der Waals surface area contributed by atoms with E-state index >= 15 is 0 Å². The Bertz CT molecular complexity index is 148. The Morgan fingerprint density at radius 1 is 0.727 bits per heavy atom. The first kappa shape index (κ1) is 7.64. The predicted molar refractivity (Wildman–Crippen MR) is 48.3 cm³/mol. The number of hydrogen-bond donors (Lipinski definition) is 0. The fourth-order valence-electron chi connectivity index (χ4n) is 3.54. The van der Waals surface area contributed by atoms with E-state index in [1.165, 1.54) is 12.8 Å². The molecule has 11 heavy (non-hydrogen) atoms. The lowest BCUT2D eigenvalue weighted by molar-refractivity contribution is 0.185. The molecule has 2 aliphatic rings. The summed E-state index contributed by atoms with van der Waals surface area (Å²) >= 11 is 0. The highest BCUT2D eigenvalue weighted by atomic mass is 14.5. The third kappa shape index (κ3) is 1.11. The zero-order valence-corrected chi connectivity index (χ0v) is 8.01. The van der Waals surface area contributed by atoms with Gasteiger partial charge in [0.1, 0.15) is 0 Å². The molecule has 0 heterocycles. The molecular weight excluding hydrogens is 132 g/mol. The van der Waals surface area contributed by atoms with E-state index in [0.29, 0.717) is 0 Å². The lowest BCUT2D eigenvalue weighted by Crippen LogP contribution is -2.23. The fourth-order valence-corrected chi connectivity index (χ4v) is 3.54. The topological polar surface area (TPSA) is 0 Å². The van der Waals surface area contributed by atoms with Crippen molar-refractivity contribution in [2.75, 3.05) is 0 Å². The Hall–Kier alpha value is 0. The van der Waals surface area contributed by atoms with Gasteiger partial charge in [-0.2, -0.15) is 0 Å². The maximum absolute atomic E-state index is 2.46. The van der Waals surface area contributed by atoms with E-state index in [2.05, 4.69) is 20.8 Å². The molecule has 2 fully saturated rings. The minimum Gasteiger partial charge on any atom is -0.0622 e. The Morgan fingerprint density at radius 3 is 2.09 bits per heavy atom. The summed E-state index contributed by atoms with van der Waals surface area (Å²) < 4.78 is 0. The second-order valence-corrected chi connectivity index (χ2v) is 5.06. The highest BCUT2D eigenvalue weighted by Crippen LogP contribution is 2.50. The van der Waals surface area contributed by atoms with Crippen molar-refractivity contribution in [3.05, 3.63) is 0 Å². The molecule has 0 aliphatic heterocycles. The molecule has 0 N–H and O–H groups in total. The van der Waals surface area contributed by atoms with Crippen LogP contribution in [0, 0.1) is 29.6 Å². The second-order valence-electron chi connectivity index (χ2n) is 5.06.